The molecule has 3 aromatic carbocycles. The van der Waals surface area contributed by atoms with E-state index < -0.39 is 0 Å². The molecule has 1 amide bonds. The SMILES string of the molecule is CCOc1ccc(N=C2NC(=O)SC2=Cc2ccc3noc(-c4ccccc4)c3c2)cc1. The Morgan fingerprint density at radius 1 is 1.09 bits per heavy atom. The number of nitrogens with zero attached hydrogens (tertiary/aromatic N) is 2. The van der Waals surface area contributed by atoms with Gasteiger partial charge in [-0.2, -0.15) is 0 Å². The smallest absolute Gasteiger partial charge is 0.289 e. The van der Waals surface area contributed by atoms with Crippen LogP contribution in [0.2, 0.25) is 0 Å². The zero-order chi connectivity index (χ0) is 21.9. The molecule has 1 N–H and O–H groups in total. The molecule has 2 heterocycles. The maximum absolute atomic E-state index is 12.1. The highest BCUT2D eigenvalue weighted by Crippen LogP contribution is 2.32. The Morgan fingerprint density at radius 3 is 2.69 bits per heavy atom. The second-order valence-electron chi connectivity index (χ2n) is 7.06. The summed E-state index contributed by atoms with van der Waals surface area (Å²) in [6, 6.07) is 23.2. The molecule has 0 spiro atoms. The first-order valence-corrected chi connectivity index (χ1v) is 11.0. The quantitative estimate of drug-likeness (QED) is 0.387. The molecule has 0 radical (unpaired) electrons. The number of amides is 1. The Labute approximate surface area is 189 Å². The molecule has 0 atom stereocenters. The molecule has 158 valence electrons. The van der Waals surface area contributed by atoms with Gasteiger partial charge in [0, 0.05) is 5.56 Å². The van der Waals surface area contributed by atoms with E-state index in [-0.39, 0.29) is 5.24 Å². The van der Waals surface area contributed by atoms with Crippen LogP contribution in [0.15, 0.2) is 87.2 Å². The van der Waals surface area contributed by atoms with E-state index in [1.165, 1.54) is 0 Å². The van der Waals surface area contributed by atoms with Gasteiger partial charge in [-0.3, -0.25) is 4.79 Å². The van der Waals surface area contributed by atoms with Crippen LogP contribution in [0, 0.1) is 0 Å². The number of ether oxygens (including phenoxy) is 1. The van der Waals surface area contributed by atoms with E-state index in [1.54, 1.807) is 0 Å². The number of carbonyl (C=O) groups excluding carboxylic acids is 1. The summed E-state index contributed by atoms with van der Waals surface area (Å²) in [4.78, 5) is 17.4. The van der Waals surface area contributed by atoms with Crippen molar-refractivity contribution in [2.24, 2.45) is 4.99 Å². The number of rotatable bonds is 5. The number of aliphatic imine (C=N–C) groups is 1. The van der Waals surface area contributed by atoms with Gasteiger partial charge in [-0.1, -0.05) is 41.6 Å². The van der Waals surface area contributed by atoms with E-state index >= 15 is 0 Å². The Morgan fingerprint density at radius 2 is 1.91 bits per heavy atom. The number of benzene rings is 3. The molecule has 1 aromatic heterocycles. The summed E-state index contributed by atoms with van der Waals surface area (Å²) in [6.07, 6.45) is 1.94. The van der Waals surface area contributed by atoms with Crippen LogP contribution < -0.4 is 10.1 Å². The fourth-order valence-electron chi connectivity index (χ4n) is 3.42. The van der Waals surface area contributed by atoms with Crippen molar-refractivity contribution in [2.75, 3.05) is 6.61 Å². The van der Waals surface area contributed by atoms with E-state index in [9.17, 15) is 4.79 Å². The Bertz CT molecular complexity index is 1340. The lowest BCUT2D eigenvalue weighted by Crippen LogP contribution is -2.18. The molecule has 32 heavy (non-hydrogen) atoms. The summed E-state index contributed by atoms with van der Waals surface area (Å²) < 4.78 is 11.1. The van der Waals surface area contributed by atoms with Gasteiger partial charge >= 0.3 is 0 Å². The van der Waals surface area contributed by atoms with Crippen molar-refractivity contribution in [1.29, 1.82) is 0 Å². The van der Waals surface area contributed by atoms with Crippen LogP contribution in [0.5, 0.6) is 5.75 Å². The Kier molecular flexibility index (Phi) is 5.47. The number of hydrogen-bond donors (Lipinski definition) is 1. The van der Waals surface area contributed by atoms with E-state index in [0.717, 1.165) is 55.9 Å². The second-order valence-corrected chi connectivity index (χ2v) is 8.08. The molecule has 0 saturated carbocycles. The van der Waals surface area contributed by atoms with E-state index in [4.69, 9.17) is 9.26 Å². The van der Waals surface area contributed by atoms with Crippen molar-refractivity contribution in [3.8, 4) is 17.1 Å². The molecule has 1 saturated heterocycles. The predicted octanol–water partition coefficient (Wildman–Crippen LogP) is 6.42. The van der Waals surface area contributed by atoms with Gasteiger partial charge in [-0.25, -0.2) is 4.99 Å². The number of fused-ring (bicyclic) bond motifs is 1. The molecular weight excluding hydrogens is 422 g/mol. The molecule has 1 aliphatic rings. The standard InChI is InChI=1S/C25H19N3O3S/c1-2-30-19-11-9-18(10-12-19)26-24-22(32-25(29)27-24)15-16-8-13-21-20(14-16)23(31-28-21)17-6-4-3-5-7-17/h3-15H,2H2,1H3,(H,26,27,29). The van der Waals surface area contributed by atoms with Gasteiger partial charge in [0.05, 0.1) is 22.6 Å². The van der Waals surface area contributed by atoms with E-state index in [0.29, 0.717) is 12.4 Å². The monoisotopic (exact) mass is 441 g/mol. The van der Waals surface area contributed by atoms with Crippen LogP contribution in [-0.2, 0) is 0 Å². The third-order valence-electron chi connectivity index (χ3n) is 4.88. The van der Waals surface area contributed by atoms with Crippen LogP contribution in [-0.4, -0.2) is 22.8 Å². The molecule has 1 fully saturated rings. The van der Waals surface area contributed by atoms with Crippen molar-refractivity contribution in [3.63, 3.8) is 0 Å². The van der Waals surface area contributed by atoms with Crippen molar-refractivity contribution < 1.29 is 14.1 Å². The summed E-state index contributed by atoms with van der Waals surface area (Å²) >= 11 is 1.12. The second kappa shape index (κ2) is 8.72. The van der Waals surface area contributed by atoms with Gasteiger partial charge in [0.2, 0.25) is 0 Å². The van der Waals surface area contributed by atoms with Crippen LogP contribution in [0.25, 0.3) is 28.3 Å². The van der Waals surface area contributed by atoms with Crippen molar-refractivity contribution >= 4 is 45.5 Å². The van der Waals surface area contributed by atoms with Crippen LogP contribution in [0.3, 0.4) is 0 Å². The first-order chi connectivity index (χ1) is 15.7. The number of aromatic nitrogens is 1. The maximum atomic E-state index is 12.1. The predicted molar refractivity (Wildman–Crippen MR) is 128 cm³/mol. The molecule has 7 heteroatoms. The molecular formula is C25H19N3O3S. The van der Waals surface area contributed by atoms with Crippen LogP contribution >= 0.6 is 11.8 Å². The topological polar surface area (TPSA) is 76.7 Å². The summed E-state index contributed by atoms with van der Waals surface area (Å²) in [6.45, 7) is 2.55. The van der Waals surface area contributed by atoms with Crippen molar-refractivity contribution in [3.05, 3.63) is 83.3 Å². The average Bonchev–Trinajstić information content (AvgIpc) is 3.38. The number of amidine groups is 1. The molecule has 0 unspecified atom stereocenters. The van der Waals surface area contributed by atoms with Crippen LogP contribution in [0.1, 0.15) is 12.5 Å². The summed E-state index contributed by atoms with van der Waals surface area (Å²) in [5, 5.41) is 7.75. The minimum Gasteiger partial charge on any atom is -0.494 e. The van der Waals surface area contributed by atoms with E-state index in [2.05, 4.69) is 15.5 Å². The largest absolute Gasteiger partial charge is 0.494 e. The zero-order valence-corrected chi connectivity index (χ0v) is 18.1. The van der Waals surface area contributed by atoms with Gasteiger partial charge in [-0.15, -0.1) is 0 Å². The number of nitrogens with one attached hydrogen (secondary N) is 1. The highest BCUT2D eigenvalue weighted by molar-refractivity contribution is 8.18. The third kappa shape index (κ3) is 4.15. The van der Waals surface area contributed by atoms with Gasteiger partial charge in [0.15, 0.2) is 5.76 Å². The number of hydrogen-bond acceptors (Lipinski definition) is 6. The fourth-order valence-corrected chi connectivity index (χ4v) is 4.16. The highest BCUT2D eigenvalue weighted by Gasteiger charge is 2.23. The number of thioether (sulfide) groups is 1. The summed E-state index contributed by atoms with van der Waals surface area (Å²) in [5.74, 6) is 2.03. The summed E-state index contributed by atoms with van der Waals surface area (Å²) in [7, 11) is 0. The lowest BCUT2D eigenvalue weighted by atomic mass is 10.1. The molecule has 6 nitrogen and oxygen atoms in total. The lowest BCUT2D eigenvalue weighted by Gasteiger charge is -2.03. The first-order valence-electron chi connectivity index (χ1n) is 10.2. The molecule has 0 aliphatic carbocycles. The van der Waals surface area contributed by atoms with Crippen LogP contribution in [0.4, 0.5) is 10.5 Å². The zero-order valence-electron chi connectivity index (χ0n) is 17.2. The average molecular weight is 442 g/mol. The minimum atomic E-state index is -0.156. The Hall–Kier alpha value is -3.84. The highest BCUT2D eigenvalue weighted by atomic mass is 32.2. The van der Waals surface area contributed by atoms with Gasteiger partial charge in [-0.05, 0) is 66.7 Å². The lowest BCUT2D eigenvalue weighted by molar-refractivity contribution is 0.265. The molecule has 4 aromatic rings. The van der Waals surface area contributed by atoms with Gasteiger partial charge in [0.25, 0.3) is 5.24 Å². The Balaban J connectivity index is 1.49. The third-order valence-corrected chi connectivity index (χ3v) is 5.70. The van der Waals surface area contributed by atoms with Gasteiger partial charge < -0.3 is 14.6 Å². The summed E-state index contributed by atoms with van der Waals surface area (Å²) in [5.41, 5.74) is 3.40. The van der Waals surface area contributed by atoms with Crippen molar-refractivity contribution in [2.45, 2.75) is 6.92 Å². The maximum Gasteiger partial charge on any atom is 0.289 e. The molecule has 0 bridgehead atoms. The normalized spacial score (nSPS) is 16.1. The van der Waals surface area contributed by atoms with Crippen molar-refractivity contribution in [1.82, 2.24) is 10.5 Å². The molecule has 1 aliphatic heterocycles. The fraction of sp³-hybridized carbons (Fsp3) is 0.0800. The first kappa shape index (κ1) is 20.1. The number of carbonyl (C=O) groups is 1. The molecule has 5 rings (SSSR count). The van der Waals surface area contributed by atoms with E-state index in [1.807, 2.05) is 85.8 Å². The minimum absolute atomic E-state index is 0.156. The van der Waals surface area contributed by atoms with Gasteiger partial charge in [0.1, 0.15) is 17.1 Å².